The highest BCUT2D eigenvalue weighted by Gasteiger charge is 2.23. The van der Waals surface area contributed by atoms with Crippen LogP contribution in [0.1, 0.15) is 12.8 Å². The minimum atomic E-state index is 1.08. The molecule has 0 spiro atoms. The normalized spacial score (nSPS) is 14.1. The third-order valence-corrected chi connectivity index (χ3v) is 8.44. The van der Waals surface area contributed by atoms with Gasteiger partial charge in [0.1, 0.15) is 0 Å². The summed E-state index contributed by atoms with van der Waals surface area (Å²) in [6, 6.07) is 33.3. The number of hydrogen-bond donors (Lipinski definition) is 0. The first-order chi connectivity index (χ1) is 17.4. The quantitative estimate of drug-likeness (QED) is 0.240. The zero-order valence-electron chi connectivity index (χ0n) is 19.1. The predicted molar refractivity (Wildman–Crippen MR) is 152 cm³/mol. The molecule has 35 heavy (non-hydrogen) atoms. The third kappa shape index (κ3) is 2.64. The van der Waals surface area contributed by atoms with E-state index in [0.29, 0.717) is 0 Å². The van der Waals surface area contributed by atoms with Crippen molar-refractivity contribution >= 4 is 70.0 Å². The summed E-state index contributed by atoms with van der Waals surface area (Å²) in [6.07, 6.45) is 9.17. The van der Waals surface area contributed by atoms with Crippen LogP contribution in [0, 0.1) is 0 Å². The number of benzene rings is 4. The molecule has 7 aromatic rings. The Balaban J connectivity index is 1.65. The van der Waals surface area contributed by atoms with Gasteiger partial charge < -0.3 is 9.13 Å². The van der Waals surface area contributed by atoms with Crippen molar-refractivity contribution in [1.82, 2.24) is 9.13 Å². The Hall–Kier alpha value is -4.08. The van der Waals surface area contributed by atoms with Crippen molar-refractivity contribution < 1.29 is 0 Å². The number of para-hydroxylation sites is 2. The van der Waals surface area contributed by atoms with Crippen molar-refractivity contribution in [2.24, 2.45) is 0 Å². The van der Waals surface area contributed by atoms with Gasteiger partial charge in [-0.3, -0.25) is 0 Å². The van der Waals surface area contributed by atoms with Crippen molar-refractivity contribution in [3.05, 3.63) is 109 Å². The van der Waals surface area contributed by atoms with Crippen LogP contribution in [0.4, 0.5) is 0 Å². The van der Waals surface area contributed by atoms with Crippen LogP contribution in [0.3, 0.4) is 0 Å². The third-order valence-electron chi connectivity index (χ3n) is 7.31. The van der Waals surface area contributed by atoms with E-state index in [0.717, 1.165) is 12.8 Å². The van der Waals surface area contributed by atoms with Gasteiger partial charge in [-0.05, 0) is 55.3 Å². The number of hydrogen-bond acceptors (Lipinski definition) is 1. The molecule has 0 saturated heterocycles. The van der Waals surface area contributed by atoms with E-state index >= 15 is 0 Å². The summed E-state index contributed by atoms with van der Waals surface area (Å²) in [5, 5.41) is 5.27. The van der Waals surface area contributed by atoms with Crippen molar-refractivity contribution in [1.29, 1.82) is 0 Å². The lowest BCUT2D eigenvalue weighted by atomic mass is 10.1. The number of nitrogens with zero attached hydrogens (tertiary/aromatic N) is 2. The highest BCUT2D eigenvalue weighted by atomic mass is 32.1. The predicted octanol–water partition coefficient (Wildman–Crippen LogP) is 9.30. The van der Waals surface area contributed by atoms with Crippen molar-refractivity contribution in [2.75, 3.05) is 0 Å². The van der Waals surface area contributed by atoms with E-state index in [1.54, 1.807) is 0 Å². The SMILES string of the molecule is C1=CC(n2c3ccccc3c3c2c2cc4c(cc2n3-c2ccccc2)sc2ccccc24)=CCC1. The van der Waals surface area contributed by atoms with E-state index in [1.165, 1.54) is 64.4 Å². The number of aromatic nitrogens is 2. The zero-order valence-corrected chi connectivity index (χ0v) is 19.9. The second kappa shape index (κ2) is 7.21. The molecule has 0 atom stereocenters. The van der Waals surface area contributed by atoms with Crippen molar-refractivity contribution in [2.45, 2.75) is 12.8 Å². The van der Waals surface area contributed by atoms with E-state index in [4.69, 9.17) is 0 Å². The van der Waals surface area contributed by atoms with Crippen LogP contribution >= 0.6 is 11.3 Å². The number of fused-ring (bicyclic) bond motifs is 8. The molecule has 0 radical (unpaired) electrons. The van der Waals surface area contributed by atoms with Crippen molar-refractivity contribution in [3.63, 3.8) is 0 Å². The summed E-state index contributed by atoms with van der Waals surface area (Å²) in [7, 11) is 0. The molecule has 1 aliphatic carbocycles. The highest BCUT2D eigenvalue weighted by Crippen LogP contribution is 2.44. The van der Waals surface area contributed by atoms with E-state index in [1.807, 2.05) is 11.3 Å². The monoisotopic (exact) mass is 466 g/mol. The second-order valence-electron chi connectivity index (χ2n) is 9.29. The number of allylic oxidation sites excluding steroid dienone is 4. The van der Waals surface area contributed by atoms with Gasteiger partial charge in [-0.1, -0.05) is 66.7 Å². The molecular formula is C32H22N2S. The molecule has 0 bridgehead atoms. The van der Waals surface area contributed by atoms with E-state index in [2.05, 4.69) is 118 Å². The second-order valence-corrected chi connectivity index (χ2v) is 10.4. The molecule has 0 fully saturated rings. The standard InChI is InChI=1S/C32H22N2S/c1-3-11-21(12-4-1)33-27-17-9-7-16-24(27)31-32(33)26-19-25-23-15-8-10-18-29(23)35-30(25)20-28(26)34(31)22-13-5-2-6-14-22/h2-3,5-20H,1,4H2. The summed E-state index contributed by atoms with van der Waals surface area (Å²) < 4.78 is 7.64. The van der Waals surface area contributed by atoms with Gasteiger partial charge in [0.25, 0.3) is 0 Å². The van der Waals surface area contributed by atoms with E-state index in [9.17, 15) is 0 Å². The smallest absolute Gasteiger partial charge is 0.0804 e. The van der Waals surface area contributed by atoms with Gasteiger partial charge in [-0.2, -0.15) is 0 Å². The lowest BCUT2D eigenvalue weighted by molar-refractivity contribution is 1.02. The molecule has 0 saturated carbocycles. The fourth-order valence-corrected chi connectivity index (χ4v) is 6.95. The first-order valence-corrected chi connectivity index (χ1v) is 13.0. The Labute approximate surface area is 206 Å². The van der Waals surface area contributed by atoms with Crippen LogP contribution < -0.4 is 0 Å². The van der Waals surface area contributed by atoms with Crippen molar-refractivity contribution in [3.8, 4) is 5.69 Å². The molecule has 4 aromatic carbocycles. The molecule has 2 nitrogen and oxygen atoms in total. The van der Waals surface area contributed by atoms with Crippen LogP contribution in [0.2, 0.25) is 0 Å². The molecule has 0 N–H and O–H groups in total. The largest absolute Gasteiger partial charge is 0.307 e. The molecule has 0 amide bonds. The topological polar surface area (TPSA) is 9.86 Å². The Morgan fingerprint density at radius 3 is 2.20 bits per heavy atom. The first kappa shape index (κ1) is 19.2. The summed E-state index contributed by atoms with van der Waals surface area (Å²) >= 11 is 1.89. The van der Waals surface area contributed by atoms with Crippen LogP contribution in [-0.2, 0) is 0 Å². The molecular weight excluding hydrogens is 444 g/mol. The summed E-state index contributed by atoms with van der Waals surface area (Å²) in [5.41, 5.74) is 7.56. The molecule has 3 heteroatoms. The Morgan fingerprint density at radius 2 is 1.34 bits per heavy atom. The fourth-order valence-electron chi connectivity index (χ4n) is 5.83. The molecule has 1 aliphatic rings. The molecule has 166 valence electrons. The lowest BCUT2D eigenvalue weighted by Gasteiger charge is -2.12. The number of thiophene rings is 1. The minimum Gasteiger partial charge on any atom is -0.307 e. The van der Waals surface area contributed by atoms with Gasteiger partial charge in [0, 0.05) is 42.3 Å². The van der Waals surface area contributed by atoms with Crippen LogP contribution in [0.5, 0.6) is 0 Å². The fraction of sp³-hybridized carbons (Fsp3) is 0.0625. The maximum Gasteiger partial charge on any atom is 0.0804 e. The van der Waals surface area contributed by atoms with Crippen LogP contribution in [0.25, 0.3) is 64.4 Å². The minimum absolute atomic E-state index is 1.08. The average Bonchev–Trinajstić information content (AvgIpc) is 3.55. The summed E-state index contributed by atoms with van der Waals surface area (Å²) in [5.74, 6) is 0. The van der Waals surface area contributed by atoms with Crippen LogP contribution in [-0.4, -0.2) is 9.13 Å². The van der Waals surface area contributed by atoms with Gasteiger partial charge in [0.2, 0.25) is 0 Å². The van der Waals surface area contributed by atoms with Gasteiger partial charge in [0.15, 0.2) is 0 Å². The average molecular weight is 467 g/mol. The van der Waals surface area contributed by atoms with Gasteiger partial charge in [0.05, 0.1) is 22.1 Å². The van der Waals surface area contributed by atoms with E-state index < -0.39 is 0 Å². The Morgan fingerprint density at radius 1 is 0.571 bits per heavy atom. The van der Waals surface area contributed by atoms with Gasteiger partial charge in [-0.25, -0.2) is 0 Å². The molecule has 0 aliphatic heterocycles. The van der Waals surface area contributed by atoms with Gasteiger partial charge in [-0.15, -0.1) is 11.3 Å². The molecule has 0 unspecified atom stereocenters. The van der Waals surface area contributed by atoms with E-state index in [-0.39, 0.29) is 0 Å². The molecule has 3 aromatic heterocycles. The Bertz CT molecular complexity index is 1990. The summed E-state index contributed by atoms with van der Waals surface area (Å²) in [6.45, 7) is 0. The van der Waals surface area contributed by atoms with Crippen LogP contribution in [0.15, 0.2) is 109 Å². The lowest BCUT2D eigenvalue weighted by Crippen LogP contribution is -1.96. The number of rotatable bonds is 2. The summed E-state index contributed by atoms with van der Waals surface area (Å²) in [4.78, 5) is 0. The molecule has 3 heterocycles. The molecule has 8 rings (SSSR count). The maximum atomic E-state index is 2.49. The first-order valence-electron chi connectivity index (χ1n) is 12.2. The van der Waals surface area contributed by atoms with Gasteiger partial charge >= 0.3 is 0 Å². The highest BCUT2D eigenvalue weighted by molar-refractivity contribution is 7.25. The Kier molecular flexibility index (Phi) is 3.96. The maximum absolute atomic E-state index is 2.49. The zero-order chi connectivity index (χ0) is 22.9.